The highest BCUT2D eigenvalue weighted by Crippen LogP contribution is 2.17. The number of hydrogen-bond donors (Lipinski definition) is 3. The van der Waals surface area contributed by atoms with Crippen LogP contribution < -0.4 is 16.0 Å². The van der Waals surface area contributed by atoms with Crippen molar-refractivity contribution >= 4 is 23.4 Å². The number of nitrogens with one attached hydrogen (secondary N) is 3. The molecular weight excluding hydrogens is 375 g/mol. The number of alkyl halides is 3. The Balaban J connectivity index is 2.03. The number of carbonyl (C=O) groups excluding carboxylic acids is 3. The van der Waals surface area contributed by atoms with E-state index in [2.05, 4.69) is 10.6 Å². The SMILES string of the molecule is CC(NC(=O)c1ccccc1)C(=O)Nc1ccccc1C(=O)NCC(F)(F)F. The van der Waals surface area contributed by atoms with Gasteiger partial charge in [-0.25, -0.2) is 0 Å². The third kappa shape index (κ3) is 6.11. The monoisotopic (exact) mass is 393 g/mol. The second-order valence-corrected chi connectivity index (χ2v) is 5.89. The van der Waals surface area contributed by atoms with Crippen LogP contribution >= 0.6 is 0 Å². The summed E-state index contributed by atoms with van der Waals surface area (Å²) in [5.41, 5.74) is 0.281. The molecule has 0 saturated heterocycles. The van der Waals surface area contributed by atoms with Gasteiger partial charge in [0.2, 0.25) is 5.91 Å². The van der Waals surface area contributed by atoms with Crippen molar-refractivity contribution < 1.29 is 27.6 Å². The predicted molar refractivity (Wildman–Crippen MR) is 96.8 cm³/mol. The summed E-state index contributed by atoms with van der Waals surface area (Å²) in [6.07, 6.45) is -4.55. The molecule has 6 nitrogen and oxygen atoms in total. The van der Waals surface area contributed by atoms with Gasteiger partial charge in [0.1, 0.15) is 12.6 Å². The van der Waals surface area contributed by atoms with Gasteiger partial charge < -0.3 is 16.0 Å². The lowest BCUT2D eigenvalue weighted by atomic mass is 10.1. The second-order valence-electron chi connectivity index (χ2n) is 5.89. The van der Waals surface area contributed by atoms with Gasteiger partial charge in [-0.2, -0.15) is 13.2 Å². The van der Waals surface area contributed by atoms with Gasteiger partial charge in [-0.1, -0.05) is 30.3 Å². The molecule has 3 amide bonds. The average molecular weight is 393 g/mol. The molecule has 148 valence electrons. The van der Waals surface area contributed by atoms with Gasteiger partial charge in [-0.15, -0.1) is 0 Å². The fraction of sp³-hybridized carbons (Fsp3) is 0.211. The van der Waals surface area contributed by atoms with E-state index in [4.69, 9.17) is 0 Å². The minimum Gasteiger partial charge on any atom is -0.343 e. The van der Waals surface area contributed by atoms with Crippen LogP contribution in [-0.4, -0.2) is 36.5 Å². The molecule has 28 heavy (non-hydrogen) atoms. The number of rotatable bonds is 6. The summed E-state index contributed by atoms with van der Waals surface area (Å²) in [4.78, 5) is 36.4. The predicted octanol–water partition coefficient (Wildman–Crippen LogP) is 2.74. The standard InChI is InChI=1S/C19H18F3N3O3/c1-12(24-17(27)13-7-3-2-4-8-13)16(26)25-15-10-6-5-9-14(15)18(28)23-11-19(20,21)22/h2-10,12H,11H2,1H3,(H,23,28)(H,24,27)(H,25,26). The molecule has 3 N–H and O–H groups in total. The van der Waals surface area contributed by atoms with Crippen LogP contribution in [0.5, 0.6) is 0 Å². The Morgan fingerprint density at radius 2 is 1.54 bits per heavy atom. The van der Waals surface area contributed by atoms with Crippen LogP contribution in [0.3, 0.4) is 0 Å². The van der Waals surface area contributed by atoms with E-state index in [1.54, 1.807) is 35.6 Å². The minimum absolute atomic E-state index is 0.0352. The molecule has 2 aromatic rings. The van der Waals surface area contributed by atoms with Gasteiger partial charge >= 0.3 is 6.18 Å². The summed E-state index contributed by atoms with van der Waals surface area (Å²) in [6.45, 7) is -0.0415. The fourth-order valence-electron chi connectivity index (χ4n) is 2.24. The first-order valence-electron chi connectivity index (χ1n) is 8.28. The normalized spacial score (nSPS) is 12.0. The number of carbonyl (C=O) groups is 3. The third-order valence-corrected chi connectivity index (χ3v) is 3.66. The lowest BCUT2D eigenvalue weighted by Gasteiger charge is -2.16. The Morgan fingerprint density at radius 3 is 2.18 bits per heavy atom. The molecule has 0 radical (unpaired) electrons. The van der Waals surface area contributed by atoms with Crippen LogP contribution in [0.15, 0.2) is 54.6 Å². The van der Waals surface area contributed by atoms with Crippen molar-refractivity contribution in [1.29, 1.82) is 0 Å². The molecular formula is C19H18F3N3O3. The van der Waals surface area contributed by atoms with Gasteiger partial charge in [0.15, 0.2) is 0 Å². The van der Waals surface area contributed by atoms with Crippen molar-refractivity contribution in [3.8, 4) is 0 Å². The topological polar surface area (TPSA) is 87.3 Å². The molecule has 0 bridgehead atoms. The second kappa shape index (κ2) is 9.03. The first-order chi connectivity index (χ1) is 13.2. The van der Waals surface area contributed by atoms with Gasteiger partial charge in [0.25, 0.3) is 11.8 Å². The third-order valence-electron chi connectivity index (χ3n) is 3.66. The highest BCUT2D eigenvalue weighted by atomic mass is 19.4. The van der Waals surface area contributed by atoms with Crippen molar-refractivity contribution in [2.24, 2.45) is 0 Å². The maximum atomic E-state index is 12.3. The van der Waals surface area contributed by atoms with E-state index in [1.807, 2.05) is 0 Å². The van der Waals surface area contributed by atoms with Gasteiger partial charge in [-0.05, 0) is 31.2 Å². The number of hydrogen-bond acceptors (Lipinski definition) is 3. The average Bonchev–Trinajstić information content (AvgIpc) is 2.66. The molecule has 2 rings (SSSR count). The number of benzene rings is 2. The quantitative estimate of drug-likeness (QED) is 0.705. The summed E-state index contributed by atoms with van der Waals surface area (Å²) in [6, 6.07) is 13.0. The number of anilines is 1. The van der Waals surface area contributed by atoms with Crippen molar-refractivity contribution in [2.75, 3.05) is 11.9 Å². The maximum absolute atomic E-state index is 12.3. The zero-order chi connectivity index (χ0) is 20.7. The highest BCUT2D eigenvalue weighted by molar-refractivity contribution is 6.06. The van der Waals surface area contributed by atoms with Crippen LogP contribution in [0.25, 0.3) is 0 Å². The van der Waals surface area contributed by atoms with Crippen LogP contribution in [-0.2, 0) is 4.79 Å². The molecule has 0 aliphatic rings. The first-order valence-corrected chi connectivity index (χ1v) is 8.28. The Labute approximate surface area is 159 Å². The van der Waals surface area contributed by atoms with Crippen LogP contribution in [0.1, 0.15) is 27.6 Å². The van der Waals surface area contributed by atoms with Crippen LogP contribution in [0.2, 0.25) is 0 Å². The zero-order valence-corrected chi connectivity index (χ0v) is 14.8. The molecule has 1 unspecified atom stereocenters. The van der Waals surface area contributed by atoms with Gasteiger partial charge in [0, 0.05) is 5.56 Å². The van der Waals surface area contributed by atoms with Crippen molar-refractivity contribution in [3.05, 3.63) is 65.7 Å². The lowest BCUT2D eigenvalue weighted by Crippen LogP contribution is -2.42. The first kappa shape index (κ1) is 20.9. The molecule has 0 aliphatic heterocycles. The van der Waals surface area contributed by atoms with E-state index in [9.17, 15) is 27.6 Å². The van der Waals surface area contributed by atoms with Crippen LogP contribution in [0, 0.1) is 0 Å². The van der Waals surface area contributed by atoms with Crippen molar-refractivity contribution in [2.45, 2.75) is 19.1 Å². The largest absolute Gasteiger partial charge is 0.405 e. The molecule has 1 atom stereocenters. The smallest absolute Gasteiger partial charge is 0.343 e. The molecule has 0 aliphatic carbocycles. The maximum Gasteiger partial charge on any atom is 0.405 e. The Kier molecular flexibility index (Phi) is 6.75. The van der Waals surface area contributed by atoms with E-state index in [0.717, 1.165) is 0 Å². The Morgan fingerprint density at radius 1 is 0.929 bits per heavy atom. The molecule has 0 heterocycles. The van der Waals surface area contributed by atoms with E-state index in [0.29, 0.717) is 5.56 Å². The highest BCUT2D eigenvalue weighted by Gasteiger charge is 2.28. The van der Waals surface area contributed by atoms with Gasteiger partial charge in [0.05, 0.1) is 11.3 Å². The summed E-state index contributed by atoms with van der Waals surface area (Å²) in [5, 5.41) is 6.71. The van der Waals surface area contributed by atoms with E-state index < -0.39 is 36.5 Å². The van der Waals surface area contributed by atoms with Crippen LogP contribution in [0.4, 0.5) is 18.9 Å². The lowest BCUT2D eigenvalue weighted by molar-refractivity contribution is -0.123. The molecule has 0 aromatic heterocycles. The fourth-order valence-corrected chi connectivity index (χ4v) is 2.24. The van der Waals surface area contributed by atoms with Crippen molar-refractivity contribution in [3.63, 3.8) is 0 Å². The Hall–Kier alpha value is -3.36. The zero-order valence-electron chi connectivity index (χ0n) is 14.8. The van der Waals surface area contributed by atoms with E-state index in [-0.39, 0.29) is 11.3 Å². The van der Waals surface area contributed by atoms with Gasteiger partial charge in [-0.3, -0.25) is 14.4 Å². The van der Waals surface area contributed by atoms with E-state index in [1.165, 1.54) is 31.2 Å². The Bertz CT molecular complexity index is 854. The number of halogens is 3. The number of amides is 3. The minimum atomic E-state index is -4.55. The molecule has 0 saturated carbocycles. The summed E-state index contributed by atoms with van der Waals surface area (Å²) in [5.74, 6) is -2.06. The molecule has 0 spiro atoms. The number of para-hydroxylation sites is 1. The van der Waals surface area contributed by atoms with Crippen molar-refractivity contribution in [1.82, 2.24) is 10.6 Å². The molecule has 9 heteroatoms. The summed E-state index contributed by atoms with van der Waals surface area (Å²) >= 11 is 0. The molecule has 2 aromatic carbocycles. The summed E-state index contributed by atoms with van der Waals surface area (Å²) < 4.78 is 36.9. The summed E-state index contributed by atoms with van der Waals surface area (Å²) in [7, 11) is 0. The van der Waals surface area contributed by atoms with E-state index >= 15 is 0 Å². The molecule has 0 fully saturated rings.